The molecule has 2 aromatic carbocycles. The fraction of sp³-hybridized carbons (Fsp3) is 0.250. The molecule has 0 saturated heterocycles. The summed E-state index contributed by atoms with van der Waals surface area (Å²) in [7, 11) is 3.36. The van der Waals surface area contributed by atoms with Crippen LogP contribution in [0.1, 0.15) is 17.6 Å². The topological polar surface area (TPSA) is 38.5 Å². The first-order valence-electron chi connectivity index (χ1n) is 6.53. The SMILES string of the molecule is COc1ccccc1CN(C)c1ccc(N)cc1C(F)F. The molecular weight excluding hydrogens is 274 g/mol. The van der Waals surface area contributed by atoms with Crippen molar-refractivity contribution in [2.75, 3.05) is 24.8 Å². The molecule has 0 amide bonds. The summed E-state index contributed by atoms with van der Waals surface area (Å²) in [4.78, 5) is 1.76. The Balaban J connectivity index is 2.30. The second-order valence-electron chi connectivity index (χ2n) is 4.79. The van der Waals surface area contributed by atoms with Gasteiger partial charge in [-0.05, 0) is 24.3 Å². The maximum absolute atomic E-state index is 13.1. The molecule has 0 heterocycles. The number of nitrogens with two attached hydrogens (primary N) is 1. The van der Waals surface area contributed by atoms with Gasteiger partial charge in [-0.3, -0.25) is 0 Å². The highest BCUT2D eigenvalue weighted by Crippen LogP contribution is 2.32. The number of halogens is 2. The predicted octanol–water partition coefficient (Wildman–Crippen LogP) is 3.85. The Bertz CT molecular complexity index is 617. The van der Waals surface area contributed by atoms with Gasteiger partial charge in [-0.15, -0.1) is 0 Å². The zero-order valence-electron chi connectivity index (χ0n) is 12.0. The number of benzene rings is 2. The largest absolute Gasteiger partial charge is 0.496 e. The minimum atomic E-state index is -2.57. The van der Waals surface area contributed by atoms with Crippen LogP contribution in [-0.2, 0) is 6.54 Å². The van der Waals surface area contributed by atoms with Crippen LogP contribution in [0.3, 0.4) is 0 Å². The van der Waals surface area contributed by atoms with Gasteiger partial charge < -0.3 is 15.4 Å². The van der Waals surface area contributed by atoms with Crippen LogP contribution in [0.4, 0.5) is 20.2 Å². The number of hydrogen-bond donors (Lipinski definition) is 1. The second kappa shape index (κ2) is 6.43. The lowest BCUT2D eigenvalue weighted by molar-refractivity contribution is 0.152. The van der Waals surface area contributed by atoms with E-state index in [-0.39, 0.29) is 5.56 Å². The monoisotopic (exact) mass is 292 g/mol. The zero-order chi connectivity index (χ0) is 15.4. The van der Waals surface area contributed by atoms with Crippen molar-refractivity contribution in [3.05, 3.63) is 53.6 Å². The van der Waals surface area contributed by atoms with Gasteiger partial charge in [-0.25, -0.2) is 8.78 Å². The van der Waals surface area contributed by atoms with E-state index < -0.39 is 6.43 Å². The molecule has 0 aliphatic heterocycles. The Morgan fingerprint density at radius 1 is 1.19 bits per heavy atom. The average Bonchev–Trinajstić information content (AvgIpc) is 2.47. The Hall–Kier alpha value is -2.30. The molecule has 3 nitrogen and oxygen atoms in total. The molecule has 21 heavy (non-hydrogen) atoms. The van der Waals surface area contributed by atoms with Crippen molar-refractivity contribution in [2.45, 2.75) is 13.0 Å². The third-order valence-corrected chi connectivity index (χ3v) is 3.30. The number of anilines is 2. The zero-order valence-corrected chi connectivity index (χ0v) is 12.0. The summed E-state index contributed by atoms with van der Waals surface area (Å²) in [6.45, 7) is 0.466. The molecule has 112 valence electrons. The number of methoxy groups -OCH3 is 1. The molecule has 0 aliphatic carbocycles. The van der Waals surface area contributed by atoms with Crippen molar-refractivity contribution < 1.29 is 13.5 Å². The number of nitrogen functional groups attached to an aromatic ring is 1. The number of rotatable bonds is 5. The van der Waals surface area contributed by atoms with Crippen LogP contribution >= 0.6 is 0 Å². The van der Waals surface area contributed by atoms with Crippen LogP contribution in [0, 0.1) is 0 Å². The summed E-state index contributed by atoms with van der Waals surface area (Å²) in [5.74, 6) is 0.735. The minimum Gasteiger partial charge on any atom is -0.496 e. The number of ether oxygens (including phenoxy) is 1. The van der Waals surface area contributed by atoms with Gasteiger partial charge in [0.05, 0.1) is 7.11 Å². The third kappa shape index (κ3) is 3.42. The van der Waals surface area contributed by atoms with Gasteiger partial charge in [0.1, 0.15) is 5.75 Å². The summed E-state index contributed by atoms with van der Waals surface area (Å²) in [6, 6.07) is 12.1. The molecule has 5 heteroatoms. The van der Waals surface area contributed by atoms with Gasteiger partial charge >= 0.3 is 0 Å². The standard InChI is InChI=1S/C16H18F2N2O/c1-20(10-11-5-3-4-6-15(11)21-2)14-8-7-12(19)9-13(14)16(17)18/h3-9,16H,10,19H2,1-2H3. The molecular formula is C16H18F2N2O. The van der Waals surface area contributed by atoms with Crippen molar-refractivity contribution in [2.24, 2.45) is 0 Å². The van der Waals surface area contributed by atoms with E-state index in [1.807, 2.05) is 24.3 Å². The first-order valence-corrected chi connectivity index (χ1v) is 6.53. The van der Waals surface area contributed by atoms with Gasteiger partial charge in [0.2, 0.25) is 0 Å². The molecule has 0 spiro atoms. The normalized spacial score (nSPS) is 10.7. The van der Waals surface area contributed by atoms with Crippen molar-refractivity contribution >= 4 is 11.4 Å². The van der Waals surface area contributed by atoms with Crippen molar-refractivity contribution in [1.82, 2.24) is 0 Å². The molecule has 2 rings (SSSR count). The van der Waals surface area contributed by atoms with E-state index in [9.17, 15) is 8.78 Å². The highest BCUT2D eigenvalue weighted by atomic mass is 19.3. The molecule has 0 saturated carbocycles. The fourth-order valence-electron chi connectivity index (χ4n) is 2.27. The van der Waals surface area contributed by atoms with Crippen LogP contribution < -0.4 is 15.4 Å². The van der Waals surface area contributed by atoms with Gasteiger partial charge in [0.15, 0.2) is 0 Å². The average molecular weight is 292 g/mol. The first kappa shape index (κ1) is 15.1. The summed E-state index contributed by atoms with van der Waals surface area (Å²) >= 11 is 0. The van der Waals surface area contributed by atoms with Crippen LogP contribution in [0.25, 0.3) is 0 Å². The van der Waals surface area contributed by atoms with Gasteiger partial charge in [0.25, 0.3) is 6.43 Å². The molecule has 0 bridgehead atoms. The smallest absolute Gasteiger partial charge is 0.265 e. The van der Waals surface area contributed by atoms with E-state index in [0.717, 1.165) is 11.3 Å². The lowest BCUT2D eigenvalue weighted by atomic mass is 10.1. The Labute approximate surface area is 122 Å². The van der Waals surface area contributed by atoms with E-state index >= 15 is 0 Å². The van der Waals surface area contributed by atoms with Crippen molar-refractivity contribution in [3.63, 3.8) is 0 Å². The van der Waals surface area contributed by atoms with E-state index in [2.05, 4.69) is 0 Å². The van der Waals surface area contributed by atoms with E-state index in [0.29, 0.717) is 17.9 Å². The van der Waals surface area contributed by atoms with Crippen molar-refractivity contribution in [3.8, 4) is 5.75 Å². The summed E-state index contributed by atoms with van der Waals surface area (Å²) in [5.41, 5.74) is 7.26. The molecule has 2 aromatic rings. The number of hydrogen-bond acceptors (Lipinski definition) is 3. The summed E-state index contributed by atoms with van der Waals surface area (Å²) in [5, 5.41) is 0. The summed E-state index contributed by atoms with van der Waals surface area (Å²) < 4.78 is 31.6. The Morgan fingerprint density at radius 3 is 2.57 bits per heavy atom. The van der Waals surface area contributed by atoms with Crippen LogP contribution in [0.2, 0.25) is 0 Å². The highest BCUT2D eigenvalue weighted by molar-refractivity contribution is 5.60. The second-order valence-corrected chi connectivity index (χ2v) is 4.79. The van der Waals surface area contributed by atoms with Crippen LogP contribution in [-0.4, -0.2) is 14.2 Å². The molecule has 0 aliphatic rings. The van der Waals surface area contributed by atoms with Gasteiger partial charge in [0, 0.05) is 36.1 Å². The number of alkyl halides is 2. The summed E-state index contributed by atoms with van der Waals surface area (Å²) in [6.07, 6.45) is -2.57. The van der Waals surface area contributed by atoms with Gasteiger partial charge in [-0.2, -0.15) is 0 Å². The minimum absolute atomic E-state index is 0.0626. The van der Waals surface area contributed by atoms with E-state index in [1.54, 1.807) is 31.2 Å². The van der Waals surface area contributed by atoms with Crippen LogP contribution in [0.15, 0.2) is 42.5 Å². The molecule has 0 fully saturated rings. The molecule has 0 radical (unpaired) electrons. The number of para-hydroxylation sites is 1. The maximum Gasteiger partial charge on any atom is 0.265 e. The Kier molecular flexibility index (Phi) is 4.62. The highest BCUT2D eigenvalue weighted by Gasteiger charge is 2.17. The molecule has 0 unspecified atom stereocenters. The lowest BCUT2D eigenvalue weighted by Crippen LogP contribution is -2.18. The van der Waals surface area contributed by atoms with Gasteiger partial charge in [-0.1, -0.05) is 18.2 Å². The molecule has 2 N–H and O–H groups in total. The molecule has 0 atom stereocenters. The first-order chi connectivity index (χ1) is 10.0. The third-order valence-electron chi connectivity index (χ3n) is 3.30. The predicted molar refractivity (Wildman–Crippen MR) is 80.9 cm³/mol. The van der Waals surface area contributed by atoms with Crippen LogP contribution in [0.5, 0.6) is 5.75 Å². The fourth-order valence-corrected chi connectivity index (χ4v) is 2.27. The van der Waals surface area contributed by atoms with E-state index in [4.69, 9.17) is 10.5 Å². The van der Waals surface area contributed by atoms with Crippen molar-refractivity contribution in [1.29, 1.82) is 0 Å². The maximum atomic E-state index is 13.1. The molecule has 0 aromatic heterocycles. The number of nitrogens with zero attached hydrogens (tertiary/aromatic N) is 1. The quantitative estimate of drug-likeness (QED) is 0.851. The Morgan fingerprint density at radius 2 is 1.90 bits per heavy atom. The van der Waals surface area contributed by atoms with E-state index in [1.165, 1.54) is 6.07 Å². The lowest BCUT2D eigenvalue weighted by Gasteiger charge is -2.23.